The fourth-order valence-electron chi connectivity index (χ4n) is 3.34. The van der Waals surface area contributed by atoms with Crippen LogP contribution in [0.5, 0.6) is 17.2 Å². The van der Waals surface area contributed by atoms with Crippen molar-refractivity contribution < 1.29 is 19.0 Å². The number of benzene rings is 2. The monoisotopic (exact) mass is 438 g/mol. The third-order valence-electron chi connectivity index (χ3n) is 4.86. The molecule has 0 spiro atoms. The molecule has 162 valence electrons. The first-order chi connectivity index (χ1) is 15.0. The molecule has 4 rings (SSSR count). The van der Waals surface area contributed by atoms with E-state index in [1.54, 1.807) is 12.0 Å². The molecule has 2 aliphatic rings. The van der Waals surface area contributed by atoms with Crippen LogP contribution < -0.4 is 14.2 Å². The minimum atomic E-state index is -0.0120. The molecule has 1 saturated heterocycles. The van der Waals surface area contributed by atoms with Crippen molar-refractivity contribution in [3.05, 3.63) is 58.5 Å². The molecule has 6 nitrogen and oxygen atoms in total. The van der Waals surface area contributed by atoms with Gasteiger partial charge in [-0.05, 0) is 59.1 Å². The molecule has 0 bridgehead atoms. The first kappa shape index (κ1) is 21.3. The zero-order valence-electron chi connectivity index (χ0n) is 18.0. The molecule has 0 unspecified atom stereocenters. The Morgan fingerprint density at radius 3 is 2.58 bits per heavy atom. The van der Waals surface area contributed by atoms with Crippen LogP contribution in [-0.2, 0) is 11.3 Å². The average molecular weight is 439 g/mol. The number of rotatable bonds is 6. The second kappa shape index (κ2) is 9.47. The number of amides is 1. The Kier molecular flexibility index (Phi) is 6.51. The summed E-state index contributed by atoms with van der Waals surface area (Å²) in [4.78, 5) is 20.3. The molecule has 2 heterocycles. The van der Waals surface area contributed by atoms with Crippen molar-refractivity contribution in [3.8, 4) is 17.2 Å². The molecule has 1 fully saturated rings. The van der Waals surface area contributed by atoms with E-state index in [1.165, 1.54) is 11.8 Å². The summed E-state index contributed by atoms with van der Waals surface area (Å²) in [5.41, 5.74) is 1.97. The van der Waals surface area contributed by atoms with Crippen LogP contribution in [0.25, 0.3) is 6.08 Å². The SMILES string of the molecule is COc1ccc(CN=C2S/C(=C\c3ccc4c(c3)OCCO4)C(=O)N2CC(C)C)cc1. The summed E-state index contributed by atoms with van der Waals surface area (Å²) in [6.07, 6.45) is 1.90. The number of fused-ring (bicyclic) bond motifs is 1. The van der Waals surface area contributed by atoms with Crippen LogP contribution in [0.3, 0.4) is 0 Å². The van der Waals surface area contributed by atoms with Gasteiger partial charge in [-0.3, -0.25) is 14.7 Å². The Morgan fingerprint density at radius 2 is 1.87 bits per heavy atom. The van der Waals surface area contributed by atoms with Crippen molar-refractivity contribution in [2.45, 2.75) is 20.4 Å². The molecule has 0 aromatic heterocycles. The quantitative estimate of drug-likeness (QED) is 0.617. The van der Waals surface area contributed by atoms with Crippen LogP contribution in [0.1, 0.15) is 25.0 Å². The zero-order valence-corrected chi connectivity index (χ0v) is 18.8. The van der Waals surface area contributed by atoms with Crippen molar-refractivity contribution in [1.82, 2.24) is 4.90 Å². The fourth-order valence-corrected chi connectivity index (χ4v) is 4.33. The number of methoxy groups -OCH3 is 1. The van der Waals surface area contributed by atoms with Gasteiger partial charge in [0.05, 0.1) is 18.6 Å². The van der Waals surface area contributed by atoms with Gasteiger partial charge in [-0.2, -0.15) is 0 Å². The lowest BCUT2D eigenvalue weighted by Crippen LogP contribution is -2.32. The predicted molar refractivity (Wildman–Crippen MR) is 124 cm³/mol. The number of carbonyl (C=O) groups is 1. The summed E-state index contributed by atoms with van der Waals surface area (Å²) < 4.78 is 16.5. The molecule has 0 saturated carbocycles. The van der Waals surface area contributed by atoms with Gasteiger partial charge in [0, 0.05) is 6.54 Å². The van der Waals surface area contributed by atoms with Gasteiger partial charge in [0.15, 0.2) is 16.7 Å². The molecule has 0 atom stereocenters. The first-order valence-electron chi connectivity index (χ1n) is 10.3. The third-order valence-corrected chi connectivity index (χ3v) is 5.90. The summed E-state index contributed by atoms with van der Waals surface area (Å²) in [7, 11) is 1.65. The third kappa shape index (κ3) is 5.05. The zero-order chi connectivity index (χ0) is 21.8. The number of nitrogens with zero attached hydrogens (tertiary/aromatic N) is 2. The van der Waals surface area contributed by atoms with Crippen molar-refractivity contribution in [1.29, 1.82) is 0 Å². The largest absolute Gasteiger partial charge is 0.497 e. The topological polar surface area (TPSA) is 60.4 Å². The maximum Gasteiger partial charge on any atom is 0.266 e. The minimum absolute atomic E-state index is 0.0120. The van der Waals surface area contributed by atoms with Gasteiger partial charge < -0.3 is 14.2 Å². The average Bonchev–Trinajstić information content (AvgIpc) is 3.06. The maximum absolute atomic E-state index is 13.1. The van der Waals surface area contributed by atoms with Crippen LogP contribution >= 0.6 is 11.8 Å². The van der Waals surface area contributed by atoms with E-state index in [0.29, 0.717) is 42.9 Å². The number of carbonyl (C=O) groups excluding carboxylic acids is 1. The van der Waals surface area contributed by atoms with Crippen LogP contribution in [0.2, 0.25) is 0 Å². The molecule has 0 N–H and O–H groups in total. The van der Waals surface area contributed by atoms with Gasteiger partial charge in [-0.1, -0.05) is 32.0 Å². The fraction of sp³-hybridized carbons (Fsp3) is 0.333. The predicted octanol–water partition coefficient (Wildman–Crippen LogP) is 4.59. The number of amidine groups is 1. The highest BCUT2D eigenvalue weighted by molar-refractivity contribution is 8.18. The van der Waals surface area contributed by atoms with Gasteiger partial charge in [-0.15, -0.1) is 0 Å². The van der Waals surface area contributed by atoms with E-state index in [2.05, 4.69) is 13.8 Å². The van der Waals surface area contributed by atoms with Crippen molar-refractivity contribution >= 4 is 28.9 Å². The molecule has 0 aliphatic carbocycles. The van der Waals surface area contributed by atoms with E-state index < -0.39 is 0 Å². The van der Waals surface area contributed by atoms with Crippen LogP contribution in [0.4, 0.5) is 0 Å². The molecule has 0 radical (unpaired) electrons. The normalized spacial score (nSPS) is 18.3. The molecular formula is C24H26N2O4S. The van der Waals surface area contributed by atoms with Gasteiger partial charge in [0.25, 0.3) is 5.91 Å². The number of hydrogen-bond donors (Lipinski definition) is 0. The second-order valence-corrected chi connectivity index (χ2v) is 8.78. The van der Waals surface area contributed by atoms with E-state index >= 15 is 0 Å². The van der Waals surface area contributed by atoms with Gasteiger partial charge >= 0.3 is 0 Å². The van der Waals surface area contributed by atoms with E-state index in [1.807, 2.05) is 48.5 Å². The Balaban J connectivity index is 1.57. The standard InChI is InChI=1S/C24H26N2O4S/c1-16(2)15-26-23(27)22(13-18-6-9-20-21(12-18)30-11-10-29-20)31-24(26)25-14-17-4-7-19(28-3)8-5-17/h4-9,12-13,16H,10-11,14-15H2,1-3H3/b22-13-,25-24?. The van der Waals surface area contributed by atoms with Crippen LogP contribution in [0, 0.1) is 5.92 Å². The summed E-state index contributed by atoms with van der Waals surface area (Å²) >= 11 is 1.42. The summed E-state index contributed by atoms with van der Waals surface area (Å²) in [6, 6.07) is 13.5. The Morgan fingerprint density at radius 1 is 1.13 bits per heavy atom. The maximum atomic E-state index is 13.1. The highest BCUT2D eigenvalue weighted by atomic mass is 32.2. The summed E-state index contributed by atoms with van der Waals surface area (Å²) in [5.74, 6) is 2.59. The highest BCUT2D eigenvalue weighted by Gasteiger charge is 2.33. The minimum Gasteiger partial charge on any atom is -0.497 e. The van der Waals surface area contributed by atoms with Crippen molar-refractivity contribution in [3.63, 3.8) is 0 Å². The van der Waals surface area contributed by atoms with Crippen LogP contribution in [0.15, 0.2) is 52.4 Å². The lowest BCUT2D eigenvalue weighted by atomic mass is 10.1. The smallest absolute Gasteiger partial charge is 0.266 e. The Hall–Kier alpha value is -2.93. The van der Waals surface area contributed by atoms with E-state index in [4.69, 9.17) is 19.2 Å². The second-order valence-electron chi connectivity index (χ2n) is 7.77. The lowest BCUT2D eigenvalue weighted by molar-refractivity contribution is -0.122. The Labute approximate surface area is 186 Å². The molecule has 2 aliphatic heterocycles. The van der Waals surface area contributed by atoms with Crippen molar-refractivity contribution in [2.75, 3.05) is 26.9 Å². The molecule has 31 heavy (non-hydrogen) atoms. The van der Waals surface area contributed by atoms with Gasteiger partial charge in [0.2, 0.25) is 0 Å². The lowest BCUT2D eigenvalue weighted by Gasteiger charge is -2.18. The number of aliphatic imine (C=N–C) groups is 1. The van der Waals surface area contributed by atoms with Gasteiger partial charge in [-0.25, -0.2) is 0 Å². The highest BCUT2D eigenvalue weighted by Crippen LogP contribution is 2.36. The molecular weight excluding hydrogens is 412 g/mol. The first-order valence-corrected chi connectivity index (χ1v) is 11.1. The summed E-state index contributed by atoms with van der Waals surface area (Å²) in [5, 5.41) is 0.735. The molecule has 7 heteroatoms. The number of ether oxygens (including phenoxy) is 3. The molecule has 2 aromatic rings. The summed E-state index contributed by atoms with van der Waals surface area (Å²) in [6.45, 7) is 6.42. The van der Waals surface area contributed by atoms with E-state index in [-0.39, 0.29) is 5.91 Å². The number of hydrogen-bond acceptors (Lipinski definition) is 6. The van der Waals surface area contributed by atoms with E-state index in [0.717, 1.165) is 27.8 Å². The molecule has 2 aromatic carbocycles. The molecule has 1 amide bonds. The van der Waals surface area contributed by atoms with Crippen molar-refractivity contribution in [2.24, 2.45) is 10.9 Å². The number of thioether (sulfide) groups is 1. The van der Waals surface area contributed by atoms with E-state index in [9.17, 15) is 4.79 Å². The van der Waals surface area contributed by atoms with Crippen LogP contribution in [-0.4, -0.2) is 42.8 Å². The Bertz CT molecular complexity index is 1010. The van der Waals surface area contributed by atoms with Gasteiger partial charge in [0.1, 0.15) is 19.0 Å².